The molecule has 0 aliphatic carbocycles. The predicted molar refractivity (Wildman–Crippen MR) is 107 cm³/mol. The van der Waals surface area contributed by atoms with Crippen LogP contribution in [0.25, 0.3) is 11.1 Å². The summed E-state index contributed by atoms with van der Waals surface area (Å²) in [6.07, 6.45) is 2.32. The van der Waals surface area contributed by atoms with Gasteiger partial charge in [-0.3, -0.25) is 0 Å². The topological polar surface area (TPSA) is 82.1 Å². The Morgan fingerprint density at radius 2 is 1.96 bits per heavy atom. The van der Waals surface area contributed by atoms with Crippen LogP contribution in [0.1, 0.15) is 54.9 Å². The van der Waals surface area contributed by atoms with Gasteiger partial charge in [0.05, 0.1) is 11.6 Å². The molecule has 1 heterocycles. The number of aromatic hydroxyl groups is 1. The lowest BCUT2D eigenvalue weighted by atomic mass is 9.86. The van der Waals surface area contributed by atoms with Gasteiger partial charge in [-0.2, -0.15) is 5.26 Å². The van der Waals surface area contributed by atoms with Gasteiger partial charge in [-0.25, -0.2) is 0 Å². The molecule has 1 fully saturated rings. The molecule has 1 aliphatic rings. The highest BCUT2D eigenvalue weighted by Crippen LogP contribution is 2.37. The summed E-state index contributed by atoms with van der Waals surface area (Å²) in [7, 11) is 0. The summed E-state index contributed by atoms with van der Waals surface area (Å²) in [5.41, 5.74) is 12.7. The molecule has 0 unspecified atom stereocenters. The van der Waals surface area contributed by atoms with Crippen LogP contribution in [0, 0.1) is 11.3 Å². The summed E-state index contributed by atoms with van der Waals surface area (Å²) in [6, 6.07) is 13.3. The largest absolute Gasteiger partial charge is 0.507 e. The van der Waals surface area contributed by atoms with Gasteiger partial charge in [-0.1, -0.05) is 18.2 Å². The fraction of sp³-hybridized carbons (Fsp3) is 0.318. The van der Waals surface area contributed by atoms with E-state index >= 15 is 0 Å². The molecule has 4 N–H and O–H groups in total. The fourth-order valence-corrected chi connectivity index (χ4v) is 3.71. The predicted octanol–water partition coefficient (Wildman–Crippen LogP) is 4.26. The van der Waals surface area contributed by atoms with Gasteiger partial charge in [0, 0.05) is 23.4 Å². The standard InChI is InChI=1S/C22H25N3O/c1-14(18-9-8-16(12-23)11-21(18)26)15(2)19-6-3-7-20(22(19)24)17-5-4-10-25-13-17/h3,6-9,11,17,25-26H,4-5,10,13,24H2,1-2H3/b15-14+/t17-/m0/s1. The third-order valence-corrected chi connectivity index (χ3v) is 5.37. The lowest BCUT2D eigenvalue weighted by Gasteiger charge is -2.25. The molecule has 1 atom stereocenters. The average molecular weight is 347 g/mol. The molecule has 0 saturated carbocycles. The number of phenols is 1. The number of hydrogen-bond acceptors (Lipinski definition) is 4. The first-order valence-corrected chi connectivity index (χ1v) is 9.03. The van der Waals surface area contributed by atoms with Gasteiger partial charge >= 0.3 is 0 Å². The normalized spacial score (nSPS) is 18.1. The molecule has 0 spiro atoms. The van der Waals surface area contributed by atoms with Gasteiger partial charge in [0.1, 0.15) is 5.75 Å². The summed E-state index contributed by atoms with van der Waals surface area (Å²) < 4.78 is 0. The van der Waals surface area contributed by atoms with Crippen LogP contribution in [0.4, 0.5) is 5.69 Å². The fourth-order valence-electron chi connectivity index (χ4n) is 3.71. The summed E-state index contributed by atoms with van der Waals surface area (Å²) in [5.74, 6) is 0.562. The molecule has 1 aliphatic heterocycles. The number of nitrogen functional groups attached to an aromatic ring is 1. The monoisotopic (exact) mass is 347 g/mol. The number of nitrogens with one attached hydrogen (secondary N) is 1. The Hall–Kier alpha value is -2.77. The summed E-state index contributed by atoms with van der Waals surface area (Å²) in [5, 5.41) is 22.7. The number of para-hydroxylation sites is 1. The zero-order chi connectivity index (χ0) is 18.7. The van der Waals surface area contributed by atoms with Gasteiger partial charge in [0.15, 0.2) is 0 Å². The van der Waals surface area contributed by atoms with Crippen LogP contribution < -0.4 is 11.1 Å². The van der Waals surface area contributed by atoms with E-state index < -0.39 is 0 Å². The Morgan fingerprint density at radius 3 is 2.62 bits per heavy atom. The van der Waals surface area contributed by atoms with Crippen LogP contribution in [-0.4, -0.2) is 18.2 Å². The van der Waals surface area contributed by atoms with Crippen LogP contribution in [0.3, 0.4) is 0 Å². The molecule has 3 rings (SSSR count). The number of nitriles is 1. The number of piperidine rings is 1. The third kappa shape index (κ3) is 3.44. The number of rotatable bonds is 3. The number of phenolic OH excluding ortho intramolecular Hbond substituents is 1. The van der Waals surface area contributed by atoms with Gasteiger partial charge < -0.3 is 16.2 Å². The van der Waals surface area contributed by atoms with E-state index in [4.69, 9.17) is 11.0 Å². The quantitative estimate of drug-likeness (QED) is 0.572. The molecule has 4 nitrogen and oxygen atoms in total. The maximum absolute atomic E-state index is 10.3. The molecular formula is C22H25N3O. The molecule has 2 aromatic rings. The smallest absolute Gasteiger partial charge is 0.124 e. The second-order valence-corrected chi connectivity index (χ2v) is 6.95. The van der Waals surface area contributed by atoms with E-state index in [1.807, 2.05) is 26.0 Å². The van der Waals surface area contributed by atoms with E-state index in [-0.39, 0.29) is 5.75 Å². The van der Waals surface area contributed by atoms with E-state index in [9.17, 15) is 5.11 Å². The minimum Gasteiger partial charge on any atom is -0.507 e. The SMILES string of the molecule is C/C(=C(/C)c1cccc([C@H]2CCCNC2)c1N)c1ccc(C#N)cc1O. The lowest BCUT2D eigenvalue weighted by molar-refractivity contribution is 0.462. The zero-order valence-corrected chi connectivity index (χ0v) is 15.3. The van der Waals surface area contributed by atoms with E-state index in [0.717, 1.165) is 47.5 Å². The molecule has 0 amide bonds. The maximum Gasteiger partial charge on any atom is 0.124 e. The van der Waals surface area contributed by atoms with E-state index in [0.29, 0.717) is 11.5 Å². The van der Waals surface area contributed by atoms with Crippen molar-refractivity contribution < 1.29 is 5.11 Å². The van der Waals surface area contributed by atoms with Gasteiger partial charge in [0.2, 0.25) is 0 Å². The van der Waals surface area contributed by atoms with Crippen molar-refractivity contribution in [2.45, 2.75) is 32.6 Å². The first kappa shape index (κ1) is 18.0. The first-order valence-electron chi connectivity index (χ1n) is 9.03. The van der Waals surface area contributed by atoms with Crippen molar-refractivity contribution >= 4 is 16.8 Å². The molecule has 0 bridgehead atoms. The molecule has 1 saturated heterocycles. The third-order valence-electron chi connectivity index (χ3n) is 5.37. The Balaban J connectivity index is 2.02. The highest BCUT2D eigenvalue weighted by atomic mass is 16.3. The minimum atomic E-state index is 0.118. The number of allylic oxidation sites excluding steroid dienone is 2. The van der Waals surface area contributed by atoms with E-state index in [2.05, 4.69) is 17.4 Å². The van der Waals surface area contributed by atoms with Crippen LogP contribution in [-0.2, 0) is 0 Å². The molecule has 2 aromatic carbocycles. The Labute approximate surface area is 155 Å². The number of nitrogens with two attached hydrogens (primary N) is 1. The van der Waals surface area contributed by atoms with E-state index in [1.165, 1.54) is 18.1 Å². The van der Waals surface area contributed by atoms with Crippen LogP contribution in [0.15, 0.2) is 36.4 Å². The molecule has 134 valence electrons. The highest BCUT2D eigenvalue weighted by molar-refractivity contribution is 5.94. The molecule has 26 heavy (non-hydrogen) atoms. The second kappa shape index (κ2) is 7.63. The zero-order valence-electron chi connectivity index (χ0n) is 15.3. The minimum absolute atomic E-state index is 0.118. The summed E-state index contributed by atoms with van der Waals surface area (Å²) in [6.45, 7) is 6.05. The lowest BCUT2D eigenvalue weighted by Crippen LogP contribution is -2.28. The van der Waals surface area contributed by atoms with E-state index in [1.54, 1.807) is 12.1 Å². The van der Waals surface area contributed by atoms with Crippen molar-refractivity contribution in [2.24, 2.45) is 0 Å². The highest BCUT2D eigenvalue weighted by Gasteiger charge is 2.19. The molecule has 4 heteroatoms. The van der Waals surface area contributed by atoms with Crippen molar-refractivity contribution in [3.05, 3.63) is 58.7 Å². The Kier molecular flexibility index (Phi) is 5.29. The van der Waals surface area contributed by atoms with Gasteiger partial charge in [-0.15, -0.1) is 0 Å². The Morgan fingerprint density at radius 1 is 1.19 bits per heavy atom. The first-order chi connectivity index (χ1) is 12.5. The molecule has 0 aromatic heterocycles. The second-order valence-electron chi connectivity index (χ2n) is 6.95. The number of hydrogen-bond donors (Lipinski definition) is 3. The van der Waals surface area contributed by atoms with Crippen molar-refractivity contribution in [1.29, 1.82) is 5.26 Å². The number of benzene rings is 2. The molecular weight excluding hydrogens is 322 g/mol. The van der Waals surface area contributed by atoms with Crippen LogP contribution in [0.2, 0.25) is 0 Å². The Bertz CT molecular complexity index is 887. The summed E-state index contributed by atoms with van der Waals surface area (Å²) in [4.78, 5) is 0. The van der Waals surface area contributed by atoms with Crippen LogP contribution >= 0.6 is 0 Å². The number of anilines is 1. The van der Waals surface area contributed by atoms with Crippen molar-refractivity contribution in [3.63, 3.8) is 0 Å². The van der Waals surface area contributed by atoms with Crippen molar-refractivity contribution in [3.8, 4) is 11.8 Å². The summed E-state index contributed by atoms with van der Waals surface area (Å²) >= 11 is 0. The van der Waals surface area contributed by atoms with Crippen molar-refractivity contribution in [1.82, 2.24) is 5.32 Å². The average Bonchev–Trinajstić information content (AvgIpc) is 2.67. The van der Waals surface area contributed by atoms with Gasteiger partial charge in [0.25, 0.3) is 0 Å². The van der Waals surface area contributed by atoms with Crippen molar-refractivity contribution in [2.75, 3.05) is 18.8 Å². The number of nitrogens with zero attached hydrogens (tertiary/aromatic N) is 1. The molecule has 0 radical (unpaired) electrons. The van der Waals surface area contributed by atoms with Gasteiger partial charge in [-0.05, 0) is 74.1 Å². The van der Waals surface area contributed by atoms with Crippen LogP contribution in [0.5, 0.6) is 5.75 Å². The maximum atomic E-state index is 10.3.